The van der Waals surface area contributed by atoms with Crippen molar-refractivity contribution in [2.75, 3.05) is 5.73 Å². The SMILES string of the molecule is CC(C)Cn1c(C2CC2)nc(-c2cc(F)ccc2Br)c1N. The Hall–Kier alpha value is -1.36. The lowest BCUT2D eigenvalue weighted by atomic mass is 10.1. The Kier molecular flexibility index (Phi) is 3.78. The molecule has 5 heteroatoms. The molecular formula is C16H19BrFN3. The molecule has 1 heterocycles. The van der Waals surface area contributed by atoms with Crippen molar-refractivity contribution >= 4 is 21.7 Å². The zero-order valence-electron chi connectivity index (χ0n) is 12.2. The van der Waals surface area contributed by atoms with Crippen LogP contribution in [0.15, 0.2) is 22.7 Å². The molecule has 2 aromatic rings. The van der Waals surface area contributed by atoms with Gasteiger partial charge < -0.3 is 10.3 Å². The number of nitrogens with two attached hydrogens (primary N) is 1. The van der Waals surface area contributed by atoms with E-state index in [9.17, 15) is 4.39 Å². The molecule has 0 unspecified atom stereocenters. The highest BCUT2D eigenvalue weighted by atomic mass is 79.9. The average molecular weight is 352 g/mol. The number of benzene rings is 1. The number of hydrogen-bond donors (Lipinski definition) is 1. The van der Waals surface area contributed by atoms with Gasteiger partial charge in [0.2, 0.25) is 0 Å². The largest absolute Gasteiger partial charge is 0.383 e. The van der Waals surface area contributed by atoms with E-state index in [2.05, 4.69) is 34.3 Å². The normalized spacial score (nSPS) is 14.9. The summed E-state index contributed by atoms with van der Waals surface area (Å²) in [5, 5.41) is 0. The molecule has 0 amide bonds. The Balaban J connectivity index is 2.12. The summed E-state index contributed by atoms with van der Waals surface area (Å²) in [7, 11) is 0. The van der Waals surface area contributed by atoms with Crippen LogP contribution in [0.4, 0.5) is 10.2 Å². The van der Waals surface area contributed by atoms with Crippen molar-refractivity contribution in [1.82, 2.24) is 9.55 Å². The van der Waals surface area contributed by atoms with E-state index in [1.165, 1.54) is 12.1 Å². The monoisotopic (exact) mass is 351 g/mol. The molecule has 1 saturated carbocycles. The molecule has 0 saturated heterocycles. The van der Waals surface area contributed by atoms with Crippen LogP contribution in [0.25, 0.3) is 11.3 Å². The van der Waals surface area contributed by atoms with Crippen molar-refractivity contribution in [3.8, 4) is 11.3 Å². The van der Waals surface area contributed by atoms with Gasteiger partial charge in [-0.05, 0) is 37.0 Å². The van der Waals surface area contributed by atoms with Gasteiger partial charge in [0.15, 0.2) is 0 Å². The first-order valence-electron chi connectivity index (χ1n) is 7.28. The van der Waals surface area contributed by atoms with Gasteiger partial charge in [0.1, 0.15) is 23.2 Å². The summed E-state index contributed by atoms with van der Waals surface area (Å²) >= 11 is 3.47. The third-order valence-electron chi connectivity index (χ3n) is 3.71. The molecule has 0 aliphatic heterocycles. The zero-order chi connectivity index (χ0) is 15.1. The molecule has 0 bridgehead atoms. The Morgan fingerprint density at radius 2 is 2.14 bits per heavy atom. The highest BCUT2D eigenvalue weighted by molar-refractivity contribution is 9.10. The smallest absolute Gasteiger partial charge is 0.131 e. The van der Waals surface area contributed by atoms with E-state index in [1.807, 2.05) is 0 Å². The summed E-state index contributed by atoms with van der Waals surface area (Å²) in [6, 6.07) is 4.61. The van der Waals surface area contributed by atoms with Gasteiger partial charge in [-0.2, -0.15) is 0 Å². The minimum Gasteiger partial charge on any atom is -0.383 e. The minimum absolute atomic E-state index is 0.279. The van der Waals surface area contributed by atoms with Crippen LogP contribution in [0.1, 0.15) is 38.4 Å². The van der Waals surface area contributed by atoms with Crippen molar-refractivity contribution < 1.29 is 4.39 Å². The van der Waals surface area contributed by atoms with E-state index in [1.54, 1.807) is 6.07 Å². The molecule has 1 aliphatic rings. The predicted octanol–water partition coefficient (Wildman–Crippen LogP) is 4.57. The fourth-order valence-corrected chi connectivity index (χ4v) is 3.01. The van der Waals surface area contributed by atoms with Crippen molar-refractivity contribution in [1.29, 1.82) is 0 Å². The molecule has 3 nitrogen and oxygen atoms in total. The van der Waals surface area contributed by atoms with E-state index in [0.717, 1.165) is 35.2 Å². The zero-order valence-corrected chi connectivity index (χ0v) is 13.8. The van der Waals surface area contributed by atoms with E-state index >= 15 is 0 Å². The number of aromatic nitrogens is 2. The molecule has 21 heavy (non-hydrogen) atoms. The number of imidazole rings is 1. The lowest BCUT2D eigenvalue weighted by molar-refractivity contribution is 0.512. The number of hydrogen-bond acceptors (Lipinski definition) is 2. The molecule has 0 atom stereocenters. The van der Waals surface area contributed by atoms with Crippen molar-refractivity contribution in [2.24, 2.45) is 5.92 Å². The van der Waals surface area contributed by atoms with Crippen LogP contribution in [0.2, 0.25) is 0 Å². The summed E-state index contributed by atoms with van der Waals surface area (Å²) < 4.78 is 16.5. The minimum atomic E-state index is -0.279. The molecule has 1 aliphatic carbocycles. The first kappa shape index (κ1) is 14.6. The van der Waals surface area contributed by atoms with Crippen LogP contribution < -0.4 is 5.73 Å². The van der Waals surface area contributed by atoms with E-state index in [-0.39, 0.29) is 5.82 Å². The second kappa shape index (κ2) is 5.44. The third-order valence-corrected chi connectivity index (χ3v) is 4.40. The van der Waals surface area contributed by atoms with Gasteiger partial charge in [0.05, 0.1) is 0 Å². The Labute approximate surface area is 132 Å². The number of nitrogen functional groups attached to an aromatic ring is 1. The highest BCUT2D eigenvalue weighted by Gasteiger charge is 2.31. The number of anilines is 1. The molecule has 0 spiro atoms. The van der Waals surface area contributed by atoms with E-state index in [0.29, 0.717) is 23.3 Å². The maximum Gasteiger partial charge on any atom is 0.131 e. The standard InChI is InChI=1S/C16H19BrFN3/c1-9(2)8-21-15(19)14(20-16(21)10-3-4-10)12-7-11(18)5-6-13(12)17/h5-7,9-10H,3-4,8,19H2,1-2H3. The van der Waals surface area contributed by atoms with Gasteiger partial charge in [-0.25, -0.2) is 9.37 Å². The molecule has 1 aromatic carbocycles. The number of rotatable bonds is 4. The lowest BCUT2D eigenvalue weighted by Gasteiger charge is -2.12. The molecule has 1 aromatic heterocycles. The lowest BCUT2D eigenvalue weighted by Crippen LogP contribution is -2.11. The highest BCUT2D eigenvalue weighted by Crippen LogP contribution is 2.43. The van der Waals surface area contributed by atoms with E-state index < -0.39 is 0 Å². The molecule has 112 valence electrons. The van der Waals surface area contributed by atoms with Gasteiger partial charge >= 0.3 is 0 Å². The van der Waals surface area contributed by atoms with Crippen molar-refractivity contribution in [2.45, 2.75) is 39.2 Å². The Bertz CT molecular complexity index is 674. The van der Waals surface area contributed by atoms with Crippen LogP contribution >= 0.6 is 15.9 Å². The topological polar surface area (TPSA) is 43.8 Å². The van der Waals surface area contributed by atoms with Crippen LogP contribution in [0.3, 0.4) is 0 Å². The maximum absolute atomic E-state index is 13.6. The van der Waals surface area contributed by atoms with Gasteiger partial charge in [0, 0.05) is 22.5 Å². The fourth-order valence-electron chi connectivity index (χ4n) is 2.57. The third kappa shape index (κ3) is 2.84. The second-order valence-corrected chi connectivity index (χ2v) is 6.96. The Morgan fingerprint density at radius 1 is 1.43 bits per heavy atom. The van der Waals surface area contributed by atoms with Crippen LogP contribution in [0, 0.1) is 11.7 Å². The molecule has 3 rings (SSSR count). The molecule has 2 N–H and O–H groups in total. The summed E-state index contributed by atoms with van der Waals surface area (Å²) in [5.74, 6) is 2.40. The quantitative estimate of drug-likeness (QED) is 0.876. The van der Waals surface area contributed by atoms with Gasteiger partial charge in [-0.1, -0.05) is 29.8 Å². The predicted molar refractivity (Wildman–Crippen MR) is 86.5 cm³/mol. The van der Waals surface area contributed by atoms with Crippen LogP contribution in [-0.4, -0.2) is 9.55 Å². The van der Waals surface area contributed by atoms with Gasteiger partial charge in [0.25, 0.3) is 0 Å². The number of nitrogens with zero attached hydrogens (tertiary/aromatic N) is 2. The summed E-state index contributed by atoms with van der Waals surface area (Å²) in [5.41, 5.74) is 7.73. The maximum atomic E-state index is 13.6. The molecular weight excluding hydrogens is 333 g/mol. The molecule has 1 fully saturated rings. The summed E-state index contributed by atoms with van der Waals surface area (Å²) in [6.07, 6.45) is 2.33. The second-order valence-electron chi connectivity index (χ2n) is 6.11. The average Bonchev–Trinajstić information content (AvgIpc) is 3.21. The van der Waals surface area contributed by atoms with Gasteiger partial charge in [-0.15, -0.1) is 0 Å². The van der Waals surface area contributed by atoms with Crippen molar-refractivity contribution in [3.63, 3.8) is 0 Å². The summed E-state index contributed by atoms with van der Waals surface area (Å²) in [6.45, 7) is 5.17. The summed E-state index contributed by atoms with van der Waals surface area (Å²) in [4.78, 5) is 4.74. The van der Waals surface area contributed by atoms with Gasteiger partial charge in [-0.3, -0.25) is 0 Å². The number of halogens is 2. The van der Waals surface area contributed by atoms with Crippen LogP contribution in [-0.2, 0) is 6.54 Å². The first-order chi connectivity index (χ1) is 9.97. The van der Waals surface area contributed by atoms with Crippen molar-refractivity contribution in [3.05, 3.63) is 34.3 Å². The molecule has 0 radical (unpaired) electrons. The first-order valence-corrected chi connectivity index (χ1v) is 8.08. The Morgan fingerprint density at radius 3 is 2.76 bits per heavy atom. The van der Waals surface area contributed by atoms with Crippen LogP contribution in [0.5, 0.6) is 0 Å². The van der Waals surface area contributed by atoms with E-state index in [4.69, 9.17) is 10.7 Å². The fraction of sp³-hybridized carbons (Fsp3) is 0.438.